The van der Waals surface area contributed by atoms with E-state index < -0.39 is 0 Å². The van der Waals surface area contributed by atoms with Gasteiger partial charge in [-0.05, 0) is 33.2 Å². The maximum Gasteiger partial charge on any atom is 0.236 e. The lowest BCUT2D eigenvalue weighted by molar-refractivity contribution is -0.145. The summed E-state index contributed by atoms with van der Waals surface area (Å²) >= 11 is 0. The molecule has 2 rings (SSSR count). The number of nitrogens with zero attached hydrogens (tertiary/aromatic N) is 2. The molecule has 3 atom stereocenters. The fourth-order valence-corrected chi connectivity index (χ4v) is 3.02. The number of ether oxygens (including phenoxy) is 1. The second-order valence-electron chi connectivity index (χ2n) is 5.73. The number of amides is 1. The van der Waals surface area contributed by atoms with E-state index in [0.29, 0.717) is 19.6 Å². The maximum absolute atomic E-state index is 12.3. The fraction of sp³-hybridized carbons (Fsp3) is 0.857. The van der Waals surface area contributed by atoms with Crippen LogP contribution in [-0.2, 0) is 14.3 Å². The molecule has 0 aromatic heterocycles. The standard InChI is InChI=1S/C14H24N2O3/c1-11-7-16(8-12(2)19-11)14(18)9-15-6-4-3-5-13(15)10-17/h10-13H,3-9H2,1-2H3. The highest BCUT2D eigenvalue weighted by atomic mass is 16.5. The van der Waals surface area contributed by atoms with Gasteiger partial charge in [0.2, 0.25) is 5.91 Å². The van der Waals surface area contributed by atoms with Crippen LogP contribution in [0.4, 0.5) is 0 Å². The van der Waals surface area contributed by atoms with Crippen LogP contribution in [0.5, 0.6) is 0 Å². The molecule has 1 amide bonds. The number of carbonyl (C=O) groups excluding carboxylic acids is 2. The zero-order chi connectivity index (χ0) is 13.8. The fourth-order valence-electron chi connectivity index (χ4n) is 3.02. The van der Waals surface area contributed by atoms with Crippen LogP contribution in [0.25, 0.3) is 0 Å². The molecular weight excluding hydrogens is 244 g/mol. The van der Waals surface area contributed by atoms with Crippen molar-refractivity contribution < 1.29 is 14.3 Å². The van der Waals surface area contributed by atoms with Crippen LogP contribution >= 0.6 is 0 Å². The highest BCUT2D eigenvalue weighted by Crippen LogP contribution is 2.16. The minimum Gasteiger partial charge on any atom is -0.372 e. The van der Waals surface area contributed by atoms with Crippen LogP contribution in [0, 0.1) is 0 Å². The molecule has 0 bridgehead atoms. The number of likely N-dealkylation sites (tertiary alicyclic amines) is 1. The number of hydrogen-bond acceptors (Lipinski definition) is 4. The SMILES string of the molecule is CC1CN(C(=O)CN2CCCCC2C=O)CC(C)O1. The van der Waals surface area contributed by atoms with Gasteiger partial charge >= 0.3 is 0 Å². The molecule has 2 aliphatic rings. The van der Waals surface area contributed by atoms with Crippen molar-refractivity contribution in [2.75, 3.05) is 26.2 Å². The van der Waals surface area contributed by atoms with Crippen molar-refractivity contribution in [3.05, 3.63) is 0 Å². The molecular formula is C14H24N2O3. The quantitative estimate of drug-likeness (QED) is 0.706. The van der Waals surface area contributed by atoms with Gasteiger partial charge in [-0.25, -0.2) is 0 Å². The van der Waals surface area contributed by atoms with Crippen molar-refractivity contribution >= 4 is 12.2 Å². The van der Waals surface area contributed by atoms with Crippen molar-refractivity contribution in [2.24, 2.45) is 0 Å². The predicted molar refractivity (Wildman–Crippen MR) is 71.9 cm³/mol. The molecule has 5 heteroatoms. The molecule has 0 spiro atoms. The zero-order valence-electron chi connectivity index (χ0n) is 11.9. The molecule has 19 heavy (non-hydrogen) atoms. The first-order valence-corrected chi connectivity index (χ1v) is 7.22. The molecule has 0 aliphatic carbocycles. The Morgan fingerprint density at radius 1 is 1.26 bits per heavy atom. The molecule has 2 aliphatic heterocycles. The number of morpholine rings is 1. The van der Waals surface area contributed by atoms with Gasteiger partial charge in [0, 0.05) is 13.1 Å². The topological polar surface area (TPSA) is 49.9 Å². The Morgan fingerprint density at radius 3 is 2.58 bits per heavy atom. The van der Waals surface area contributed by atoms with E-state index in [2.05, 4.69) is 0 Å². The first kappa shape index (κ1) is 14.5. The smallest absolute Gasteiger partial charge is 0.236 e. The summed E-state index contributed by atoms with van der Waals surface area (Å²) in [5.74, 6) is 0.121. The van der Waals surface area contributed by atoms with Gasteiger partial charge in [0.05, 0.1) is 24.8 Å². The summed E-state index contributed by atoms with van der Waals surface area (Å²) in [6.07, 6.45) is 4.21. The van der Waals surface area contributed by atoms with E-state index >= 15 is 0 Å². The lowest BCUT2D eigenvalue weighted by Crippen LogP contribution is -2.53. The first-order valence-electron chi connectivity index (χ1n) is 7.22. The van der Waals surface area contributed by atoms with Crippen molar-refractivity contribution in [1.82, 2.24) is 9.80 Å². The molecule has 2 heterocycles. The van der Waals surface area contributed by atoms with Crippen molar-refractivity contribution in [2.45, 2.75) is 51.4 Å². The van der Waals surface area contributed by atoms with Gasteiger partial charge in [-0.1, -0.05) is 6.42 Å². The summed E-state index contributed by atoms with van der Waals surface area (Å²) in [5.41, 5.74) is 0. The van der Waals surface area contributed by atoms with E-state index in [9.17, 15) is 9.59 Å². The molecule has 3 unspecified atom stereocenters. The number of carbonyl (C=O) groups is 2. The molecule has 5 nitrogen and oxygen atoms in total. The normalized spacial score (nSPS) is 33.2. The average Bonchev–Trinajstić information content (AvgIpc) is 2.38. The van der Waals surface area contributed by atoms with E-state index in [1.807, 2.05) is 23.6 Å². The highest BCUT2D eigenvalue weighted by Gasteiger charge is 2.29. The number of hydrogen-bond donors (Lipinski definition) is 0. The van der Waals surface area contributed by atoms with E-state index in [1.165, 1.54) is 0 Å². The van der Waals surface area contributed by atoms with Gasteiger partial charge in [-0.3, -0.25) is 9.69 Å². The van der Waals surface area contributed by atoms with Crippen LogP contribution in [0.3, 0.4) is 0 Å². The molecule has 2 saturated heterocycles. The summed E-state index contributed by atoms with van der Waals surface area (Å²) in [6.45, 7) is 6.51. The average molecular weight is 268 g/mol. The van der Waals surface area contributed by atoms with Gasteiger partial charge in [0.15, 0.2) is 0 Å². The summed E-state index contributed by atoms with van der Waals surface area (Å²) < 4.78 is 5.64. The van der Waals surface area contributed by atoms with Crippen molar-refractivity contribution in [3.8, 4) is 0 Å². The first-order chi connectivity index (χ1) is 9.10. The summed E-state index contributed by atoms with van der Waals surface area (Å²) in [4.78, 5) is 27.3. The summed E-state index contributed by atoms with van der Waals surface area (Å²) in [6, 6.07) is -0.0754. The Morgan fingerprint density at radius 2 is 1.95 bits per heavy atom. The minimum atomic E-state index is -0.0754. The monoisotopic (exact) mass is 268 g/mol. The van der Waals surface area contributed by atoms with E-state index in [0.717, 1.165) is 32.1 Å². The summed E-state index contributed by atoms with van der Waals surface area (Å²) in [5, 5.41) is 0. The molecule has 2 fully saturated rings. The lowest BCUT2D eigenvalue weighted by atomic mass is 10.0. The van der Waals surface area contributed by atoms with Gasteiger partial charge in [0.25, 0.3) is 0 Å². The minimum absolute atomic E-state index is 0.0754. The third-order valence-electron chi connectivity index (χ3n) is 3.93. The van der Waals surface area contributed by atoms with Gasteiger partial charge in [-0.2, -0.15) is 0 Å². The van der Waals surface area contributed by atoms with Crippen molar-refractivity contribution in [3.63, 3.8) is 0 Å². The molecule has 0 saturated carbocycles. The highest BCUT2D eigenvalue weighted by molar-refractivity contribution is 5.79. The third-order valence-corrected chi connectivity index (χ3v) is 3.93. The van der Waals surface area contributed by atoms with E-state index in [-0.39, 0.29) is 24.2 Å². The second kappa shape index (κ2) is 6.48. The predicted octanol–water partition coefficient (Wildman–Crippen LogP) is 0.676. The largest absolute Gasteiger partial charge is 0.372 e. The van der Waals surface area contributed by atoms with Crippen LogP contribution in [0.15, 0.2) is 0 Å². The van der Waals surface area contributed by atoms with Gasteiger partial charge in [-0.15, -0.1) is 0 Å². The van der Waals surface area contributed by atoms with E-state index in [4.69, 9.17) is 4.74 Å². The van der Waals surface area contributed by atoms with Crippen LogP contribution in [-0.4, -0.2) is 66.4 Å². The second-order valence-corrected chi connectivity index (χ2v) is 5.73. The maximum atomic E-state index is 12.3. The Labute approximate surface area is 114 Å². The number of aldehydes is 1. The number of piperidine rings is 1. The Bertz CT molecular complexity index is 325. The molecule has 0 aromatic carbocycles. The van der Waals surface area contributed by atoms with Gasteiger partial charge < -0.3 is 14.4 Å². The Balaban J connectivity index is 1.90. The molecule has 0 N–H and O–H groups in total. The Hall–Kier alpha value is -0.940. The van der Waals surface area contributed by atoms with Crippen molar-refractivity contribution in [1.29, 1.82) is 0 Å². The molecule has 108 valence electrons. The third kappa shape index (κ3) is 3.76. The Kier molecular flexibility index (Phi) is 4.93. The molecule has 0 aromatic rings. The van der Waals surface area contributed by atoms with E-state index in [1.54, 1.807) is 0 Å². The lowest BCUT2D eigenvalue weighted by Gasteiger charge is -2.38. The summed E-state index contributed by atoms with van der Waals surface area (Å²) in [7, 11) is 0. The van der Waals surface area contributed by atoms with Crippen LogP contribution in [0.1, 0.15) is 33.1 Å². The van der Waals surface area contributed by atoms with Crippen LogP contribution in [0.2, 0.25) is 0 Å². The number of rotatable bonds is 3. The molecule has 0 radical (unpaired) electrons. The van der Waals surface area contributed by atoms with Gasteiger partial charge in [0.1, 0.15) is 6.29 Å². The zero-order valence-corrected chi connectivity index (χ0v) is 11.9. The van der Waals surface area contributed by atoms with Crippen LogP contribution < -0.4 is 0 Å².